The number of nitrogen functional groups attached to an aromatic ring is 1. The molecule has 1 saturated heterocycles. The Morgan fingerprint density at radius 3 is 2.43 bits per heavy atom. The van der Waals surface area contributed by atoms with Gasteiger partial charge in [0, 0.05) is 25.3 Å². The van der Waals surface area contributed by atoms with Gasteiger partial charge in [0.15, 0.2) is 0 Å². The summed E-state index contributed by atoms with van der Waals surface area (Å²) in [5.41, 5.74) is 7.04. The van der Waals surface area contributed by atoms with Crippen LogP contribution < -0.4 is 10.0 Å². The smallest absolute Gasteiger partial charge is 0.304 e. The Bertz CT molecular complexity index is 552. The molecular weight excluding hydrogens is 286 g/mol. The summed E-state index contributed by atoms with van der Waals surface area (Å²) in [6.45, 7) is 3.69. The van der Waals surface area contributed by atoms with Crippen molar-refractivity contribution in [3.8, 4) is 0 Å². The van der Waals surface area contributed by atoms with Crippen molar-refractivity contribution in [2.45, 2.75) is 39.0 Å². The van der Waals surface area contributed by atoms with Gasteiger partial charge in [-0.1, -0.05) is 25.8 Å². The molecule has 21 heavy (non-hydrogen) atoms. The predicted octanol–water partition coefficient (Wildman–Crippen LogP) is 2.61. The highest BCUT2D eigenvalue weighted by atomic mass is 32.2. The summed E-state index contributed by atoms with van der Waals surface area (Å²) < 4.78 is 29.0. The van der Waals surface area contributed by atoms with E-state index in [-0.39, 0.29) is 0 Å². The van der Waals surface area contributed by atoms with Gasteiger partial charge in [0.05, 0.1) is 5.69 Å². The average Bonchev–Trinajstić information content (AvgIpc) is 2.74. The number of nitrogens with two attached hydrogens (primary N) is 1. The lowest BCUT2D eigenvalue weighted by Crippen LogP contribution is -2.44. The molecule has 0 atom stereocenters. The molecule has 0 spiro atoms. The summed E-state index contributed by atoms with van der Waals surface area (Å²) >= 11 is 0. The molecule has 0 bridgehead atoms. The maximum absolute atomic E-state index is 13.0. The lowest BCUT2D eigenvalue weighted by atomic mass is 10.2. The summed E-state index contributed by atoms with van der Waals surface area (Å²) in [6.07, 6.45) is 4.87. The standard InChI is InChI=1S/C15H25N3O2S/c1-2-10-18(15-9-7-8-14(16)13-15)21(19,20)17-11-5-3-4-6-12-17/h7-9,13H,2-6,10-12,16H2,1H3. The Balaban J connectivity index is 2.31. The monoisotopic (exact) mass is 311 g/mol. The van der Waals surface area contributed by atoms with Crippen LogP contribution in [0.15, 0.2) is 24.3 Å². The van der Waals surface area contributed by atoms with Crippen molar-refractivity contribution in [3.05, 3.63) is 24.3 Å². The molecule has 1 aliphatic rings. The van der Waals surface area contributed by atoms with E-state index in [4.69, 9.17) is 5.73 Å². The van der Waals surface area contributed by atoms with Crippen LogP contribution in [0.2, 0.25) is 0 Å². The van der Waals surface area contributed by atoms with Crippen LogP contribution in [0.1, 0.15) is 39.0 Å². The second-order valence-corrected chi connectivity index (χ2v) is 7.34. The summed E-state index contributed by atoms with van der Waals surface area (Å²) in [5, 5.41) is 0. The van der Waals surface area contributed by atoms with E-state index < -0.39 is 10.2 Å². The minimum Gasteiger partial charge on any atom is -0.399 e. The summed E-state index contributed by atoms with van der Waals surface area (Å²) in [7, 11) is -3.47. The van der Waals surface area contributed by atoms with E-state index in [1.54, 1.807) is 28.6 Å². The van der Waals surface area contributed by atoms with Gasteiger partial charge in [-0.2, -0.15) is 12.7 Å². The highest BCUT2D eigenvalue weighted by Crippen LogP contribution is 2.24. The zero-order valence-electron chi connectivity index (χ0n) is 12.7. The maximum Gasteiger partial charge on any atom is 0.304 e. The lowest BCUT2D eigenvalue weighted by molar-refractivity contribution is 0.421. The van der Waals surface area contributed by atoms with E-state index in [2.05, 4.69) is 0 Å². The molecule has 1 fully saturated rings. The quantitative estimate of drug-likeness (QED) is 0.850. The number of hydrogen-bond donors (Lipinski definition) is 1. The van der Waals surface area contributed by atoms with Crippen LogP contribution in [0.5, 0.6) is 0 Å². The molecular formula is C15H25N3O2S. The van der Waals surface area contributed by atoms with Gasteiger partial charge in [-0.25, -0.2) is 0 Å². The van der Waals surface area contributed by atoms with Crippen LogP contribution in [-0.2, 0) is 10.2 Å². The van der Waals surface area contributed by atoms with Gasteiger partial charge >= 0.3 is 10.2 Å². The van der Waals surface area contributed by atoms with Crippen LogP contribution in [0, 0.1) is 0 Å². The van der Waals surface area contributed by atoms with Gasteiger partial charge in [-0.15, -0.1) is 0 Å². The van der Waals surface area contributed by atoms with E-state index >= 15 is 0 Å². The first-order valence-corrected chi connectivity index (χ1v) is 9.08. The Morgan fingerprint density at radius 1 is 1.19 bits per heavy atom. The first-order valence-electron chi connectivity index (χ1n) is 7.69. The number of anilines is 2. The number of benzene rings is 1. The third-order valence-electron chi connectivity index (χ3n) is 3.75. The number of rotatable bonds is 5. The Kier molecular flexibility index (Phi) is 5.47. The fourth-order valence-electron chi connectivity index (χ4n) is 2.67. The van der Waals surface area contributed by atoms with Gasteiger partial charge in [0.1, 0.15) is 0 Å². The molecule has 6 heteroatoms. The lowest BCUT2D eigenvalue weighted by Gasteiger charge is -2.30. The molecule has 0 unspecified atom stereocenters. The number of hydrogen-bond acceptors (Lipinski definition) is 3. The van der Waals surface area contributed by atoms with Crippen molar-refractivity contribution in [1.29, 1.82) is 0 Å². The van der Waals surface area contributed by atoms with Crippen molar-refractivity contribution in [2.75, 3.05) is 29.7 Å². The summed E-state index contributed by atoms with van der Waals surface area (Å²) in [5.74, 6) is 0. The molecule has 5 nitrogen and oxygen atoms in total. The second kappa shape index (κ2) is 7.13. The van der Waals surface area contributed by atoms with Crippen molar-refractivity contribution in [3.63, 3.8) is 0 Å². The molecule has 0 radical (unpaired) electrons. The van der Waals surface area contributed by atoms with Gasteiger partial charge in [-0.3, -0.25) is 4.31 Å². The Morgan fingerprint density at radius 2 is 1.86 bits per heavy atom. The molecule has 0 amide bonds. The van der Waals surface area contributed by atoms with Crippen molar-refractivity contribution < 1.29 is 8.42 Å². The van der Waals surface area contributed by atoms with Gasteiger partial charge in [0.2, 0.25) is 0 Å². The second-order valence-electron chi connectivity index (χ2n) is 5.49. The van der Waals surface area contributed by atoms with E-state index in [9.17, 15) is 8.42 Å². The minimum atomic E-state index is -3.47. The topological polar surface area (TPSA) is 66.6 Å². The fraction of sp³-hybridized carbons (Fsp3) is 0.600. The van der Waals surface area contributed by atoms with Crippen LogP contribution in [-0.4, -0.2) is 32.4 Å². The Labute approximate surface area is 127 Å². The van der Waals surface area contributed by atoms with E-state index in [1.807, 2.05) is 6.92 Å². The first kappa shape index (κ1) is 16.1. The number of nitrogens with zero attached hydrogens (tertiary/aromatic N) is 2. The van der Waals surface area contributed by atoms with Crippen molar-refractivity contribution >= 4 is 21.6 Å². The average molecular weight is 311 g/mol. The van der Waals surface area contributed by atoms with Crippen LogP contribution in [0.25, 0.3) is 0 Å². The van der Waals surface area contributed by atoms with E-state index in [1.165, 1.54) is 4.31 Å². The van der Waals surface area contributed by atoms with E-state index in [0.717, 1.165) is 32.1 Å². The summed E-state index contributed by atoms with van der Waals surface area (Å²) in [4.78, 5) is 0. The molecule has 1 aliphatic heterocycles. The molecule has 1 aromatic rings. The molecule has 2 N–H and O–H groups in total. The zero-order chi connectivity index (χ0) is 15.3. The molecule has 1 heterocycles. The van der Waals surface area contributed by atoms with Crippen LogP contribution in [0.4, 0.5) is 11.4 Å². The maximum atomic E-state index is 13.0. The molecule has 0 aliphatic carbocycles. The normalized spacial score (nSPS) is 17.4. The largest absolute Gasteiger partial charge is 0.399 e. The Hall–Kier alpha value is -1.27. The van der Waals surface area contributed by atoms with Crippen LogP contribution in [0.3, 0.4) is 0 Å². The third-order valence-corrected chi connectivity index (χ3v) is 5.72. The predicted molar refractivity (Wildman–Crippen MR) is 87.5 cm³/mol. The molecule has 0 saturated carbocycles. The zero-order valence-corrected chi connectivity index (χ0v) is 13.5. The minimum absolute atomic E-state index is 0.474. The highest BCUT2D eigenvalue weighted by Gasteiger charge is 2.29. The molecule has 1 aromatic carbocycles. The molecule has 118 valence electrons. The SMILES string of the molecule is CCCN(c1cccc(N)c1)S(=O)(=O)N1CCCCCC1. The van der Waals surface area contributed by atoms with Crippen LogP contribution >= 0.6 is 0 Å². The van der Waals surface area contributed by atoms with E-state index in [0.29, 0.717) is 31.0 Å². The van der Waals surface area contributed by atoms with Gasteiger partial charge < -0.3 is 5.73 Å². The van der Waals surface area contributed by atoms with Gasteiger partial charge in [0.25, 0.3) is 0 Å². The fourth-order valence-corrected chi connectivity index (χ4v) is 4.46. The summed E-state index contributed by atoms with van der Waals surface area (Å²) in [6, 6.07) is 7.10. The molecule has 0 aromatic heterocycles. The molecule has 2 rings (SSSR count). The van der Waals surface area contributed by atoms with Crippen molar-refractivity contribution in [1.82, 2.24) is 4.31 Å². The first-order chi connectivity index (χ1) is 10.1. The highest BCUT2D eigenvalue weighted by molar-refractivity contribution is 7.90. The third kappa shape index (κ3) is 3.89. The van der Waals surface area contributed by atoms with Gasteiger partial charge in [-0.05, 0) is 37.5 Å². The van der Waals surface area contributed by atoms with Crippen molar-refractivity contribution in [2.24, 2.45) is 0 Å².